The van der Waals surface area contributed by atoms with Crippen LogP contribution in [0.1, 0.15) is 30.6 Å². The predicted molar refractivity (Wildman–Crippen MR) is 102 cm³/mol. The molecule has 0 spiro atoms. The third-order valence-electron chi connectivity index (χ3n) is 3.65. The van der Waals surface area contributed by atoms with Crippen LogP contribution in [0.15, 0.2) is 42.5 Å². The lowest BCUT2D eigenvalue weighted by Crippen LogP contribution is -2.15. The summed E-state index contributed by atoms with van der Waals surface area (Å²) in [5.74, 6) is -0.692. The van der Waals surface area contributed by atoms with Crippen molar-refractivity contribution < 1.29 is 19.4 Å². The molecule has 0 atom stereocenters. The van der Waals surface area contributed by atoms with E-state index in [1.165, 1.54) is 12.1 Å². The molecule has 0 radical (unpaired) electrons. The standard InChI is InChI=1S/C18H18N4O6/c1-11(2)9-17(23)19-12-3-5-13(6-4-12)20-18(24)15-8-7-14(21(25)26)10-16(15)22(27)28/h3-8,10-11H,9H2,1-2H3,(H,19,23)(H,20,24). The van der Waals surface area contributed by atoms with Gasteiger partial charge in [0.2, 0.25) is 5.91 Å². The van der Waals surface area contributed by atoms with Crippen molar-refractivity contribution >= 4 is 34.6 Å². The predicted octanol–water partition coefficient (Wildman–Crippen LogP) is 3.74. The molecule has 0 aliphatic heterocycles. The van der Waals surface area contributed by atoms with Gasteiger partial charge in [0.15, 0.2) is 0 Å². The van der Waals surface area contributed by atoms with Gasteiger partial charge < -0.3 is 10.6 Å². The molecule has 10 nitrogen and oxygen atoms in total. The molecule has 0 bridgehead atoms. The number of benzene rings is 2. The van der Waals surface area contributed by atoms with E-state index in [0.29, 0.717) is 17.8 Å². The van der Waals surface area contributed by atoms with Gasteiger partial charge in [0.25, 0.3) is 17.3 Å². The molecule has 146 valence electrons. The number of anilines is 2. The summed E-state index contributed by atoms with van der Waals surface area (Å²) in [6.07, 6.45) is 0.377. The van der Waals surface area contributed by atoms with Crippen LogP contribution in [0.3, 0.4) is 0 Å². The minimum Gasteiger partial charge on any atom is -0.326 e. The highest BCUT2D eigenvalue weighted by Crippen LogP contribution is 2.25. The highest BCUT2D eigenvalue weighted by Gasteiger charge is 2.24. The van der Waals surface area contributed by atoms with E-state index in [-0.39, 0.29) is 17.4 Å². The van der Waals surface area contributed by atoms with Gasteiger partial charge in [0.1, 0.15) is 5.56 Å². The summed E-state index contributed by atoms with van der Waals surface area (Å²) in [5, 5.41) is 27.1. The molecule has 2 amide bonds. The Kier molecular flexibility index (Phi) is 6.38. The smallest absolute Gasteiger partial charge is 0.289 e. The number of carbonyl (C=O) groups is 2. The molecular formula is C18H18N4O6. The van der Waals surface area contributed by atoms with E-state index < -0.39 is 27.1 Å². The number of carbonyl (C=O) groups excluding carboxylic acids is 2. The van der Waals surface area contributed by atoms with Gasteiger partial charge in [-0.15, -0.1) is 0 Å². The number of nitrogens with zero attached hydrogens (tertiary/aromatic N) is 2. The lowest BCUT2D eigenvalue weighted by molar-refractivity contribution is -0.394. The maximum absolute atomic E-state index is 12.3. The summed E-state index contributed by atoms with van der Waals surface area (Å²) < 4.78 is 0. The monoisotopic (exact) mass is 386 g/mol. The summed E-state index contributed by atoms with van der Waals surface area (Å²) in [7, 11) is 0. The van der Waals surface area contributed by atoms with Crippen molar-refractivity contribution in [3.05, 3.63) is 68.3 Å². The van der Waals surface area contributed by atoms with Crippen LogP contribution in [-0.2, 0) is 4.79 Å². The van der Waals surface area contributed by atoms with Crippen molar-refractivity contribution in [3.63, 3.8) is 0 Å². The van der Waals surface area contributed by atoms with Gasteiger partial charge in [-0.05, 0) is 36.2 Å². The minimum atomic E-state index is -0.852. The first-order valence-electron chi connectivity index (χ1n) is 8.31. The molecule has 0 saturated carbocycles. The largest absolute Gasteiger partial charge is 0.326 e. The molecule has 0 fully saturated rings. The number of rotatable bonds is 7. The highest BCUT2D eigenvalue weighted by molar-refractivity contribution is 6.07. The molecule has 0 aromatic heterocycles. The molecule has 28 heavy (non-hydrogen) atoms. The number of hydrogen-bond acceptors (Lipinski definition) is 6. The maximum Gasteiger partial charge on any atom is 0.289 e. The fourth-order valence-corrected chi connectivity index (χ4v) is 2.39. The molecule has 2 N–H and O–H groups in total. The van der Waals surface area contributed by atoms with E-state index in [4.69, 9.17) is 0 Å². The summed E-state index contributed by atoms with van der Waals surface area (Å²) in [4.78, 5) is 44.4. The van der Waals surface area contributed by atoms with Crippen molar-refractivity contribution in [1.29, 1.82) is 0 Å². The zero-order valence-electron chi connectivity index (χ0n) is 15.2. The number of amides is 2. The van der Waals surface area contributed by atoms with Crippen molar-refractivity contribution in [2.24, 2.45) is 5.92 Å². The molecule has 0 heterocycles. The number of nitro groups is 2. The van der Waals surface area contributed by atoms with Crippen LogP contribution < -0.4 is 10.6 Å². The Labute approximate surface area is 159 Å². The Morgan fingerprint density at radius 2 is 1.50 bits per heavy atom. The van der Waals surface area contributed by atoms with Gasteiger partial charge in [-0.25, -0.2) is 0 Å². The lowest BCUT2D eigenvalue weighted by Gasteiger charge is -2.09. The van der Waals surface area contributed by atoms with Gasteiger partial charge in [0.05, 0.1) is 15.9 Å². The normalized spacial score (nSPS) is 10.4. The highest BCUT2D eigenvalue weighted by atomic mass is 16.6. The van der Waals surface area contributed by atoms with Crippen LogP contribution in [0.5, 0.6) is 0 Å². The molecule has 0 aliphatic carbocycles. The maximum atomic E-state index is 12.3. The van der Waals surface area contributed by atoms with Crippen molar-refractivity contribution in [2.45, 2.75) is 20.3 Å². The van der Waals surface area contributed by atoms with Crippen LogP contribution in [0, 0.1) is 26.1 Å². The zero-order valence-corrected chi connectivity index (χ0v) is 15.2. The fourth-order valence-electron chi connectivity index (χ4n) is 2.39. The minimum absolute atomic E-state index is 0.131. The van der Waals surface area contributed by atoms with E-state index in [1.54, 1.807) is 12.1 Å². The SMILES string of the molecule is CC(C)CC(=O)Nc1ccc(NC(=O)c2ccc([N+](=O)[O-])cc2[N+](=O)[O-])cc1. The van der Waals surface area contributed by atoms with Crippen molar-refractivity contribution in [3.8, 4) is 0 Å². The first-order chi connectivity index (χ1) is 13.2. The van der Waals surface area contributed by atoms with E-state index in [0.717, 1.165) is 18.2 Å². The van der Waals surface area contributed by atoms with Gasteiger partial charge >= 0.3 is 0 Å². The van der Waals surface area contributed by atoms with E-state index in [2.05, 4.69) is 10.6 Å². The summed E-state index contributed by atoms with van der Waals surface area (Å²) >= 11 is 0. The lowest BCUT2D eigenvalue weighted by atomic mass is 10.1. The van der Waals surface area contributed by atoms with Crippen LogP contribution in [-0.4, -0.2) is 21.7 Å². The van der Waals surface area contributed by atoms with Crippen molar-refractivity contribution in [1.82, 2.24) is 0 Å². The number of hydrogen-bond donors (Lipinski definition) is 2. The third kappa shape index (κ3) is 5.34. The van der Waals surface area contributed by atoms with Crippen LogP contribution >= 0.6 is 0 Å². The second-order valence-electron chi connectivity index (χ2n) is 6.39. The third-order valence-corrected chi connectivity index (χ3v) is 3.65. The molecule has 10 heteroatoms. The van der Waals surface area contributed by atoms with Crippen LogP contribution in [0.2, 0.25) is 0 Å². The molecule has 2 aromatic rings. The van der Waals surface area contributed by atoms with Crippen molar-refractivity contribution in [2.75, 3.05) is 10.6 Å². The second kappa shape index (κ2) is 8.71. The topological polar surface area (TPSA) is 144 Å². The molecule has 0 unspecified atom stereocenters. The second-order valence-corrected chi connectivity index (χ2v) is 6.39. The van der Waals surface area contributed by atoms with E-state index in [9.17, 15) is 29.8 Å². The van der Waals surface area contributed by atoms with E-state index in [1.807, 2.05) is 13.8 Å². The fraction of sp³-hybridized carbons (Fsp3) is 0.222. The number of nitro benzene ring substituents is 2. The Bertz CT molecular complexity index is 924. The number of non-ortho nitro benzene ring substituents is 1. The van der Waals surface area contributed by atoms with Crippen LogP contribution in [0.4, 0.5) is 22.7 Å². The quantitative estimate of drug-likeness (QED) is 0.548. The molecule has 0 saturated heterocycles. The van der Waals surface area contributed by atoms with Gasteiger partial charge in [0, 0.05) is 23.9 Å². The average molecular weight is 386 g/mol. The van der Waals surface area contributed by atoms with Gasteiger partial charge in [-0.3, -0.25) is 29.8 Å². The molecule has 2 aromatic carbocycles. The summed E-state index contributed by atoms with van der Waals surface area (Å²) in [5.41, 5.74) is -0.552. The van der Waals surface area contributed by atoms with Crippen LogP contribution in [0.25, 0.3) is 0 Å². The summed E-state index contributed by atoms with van der Waals surface area (Å²) in [6.45, 7) is 3.85. The average Bonchev–Trinajstić information content (AvgIpc) is 2.62. The Balaban J connectivity index is 2.14. The Morgan fingerprint density at radius 1 is 0.929 bits per heavy atom. The molecular weight excluding hydrogens is 368 g/mol. The Hall–Kier alpha value is -3.82. The molecule has 2 rings (SSSR count). The van der Waals surface area contributed by atoms with Gasteiger partial charge in [-0.2, -0.15) is 0 Å². The first-order valence-corrected chi connectivity index (χ1v) is 8.31. The first kappa shape index (κ1) is 20.5. The summed E-state index contributed by atoms with van der Waals surface area (Å²) in [6, 6.07) is 9.01. The van der Waals surface area contributed by atoms with E-state index >= 15 is 0 Å². The molecule has 0 aliphatic rings. The van der Waals surface area contributed by atoms with Gasteiger partial charge in [-0.1, -0.05) is 13.8 Å². The number of nitrogens with one attached hydrogen (secondary N) is 2. The Morgan fingerprint density at radius 3 is 2.00 bits per heavy atom. The zero-order chi connectivity index (χ0) is 20.8.